The Kier molecular flexibility index (Phi) is 5.93. The van der Waals surface area contributed by atoms with Crippen molar-refractivity contribution in [3.05, 3.63) is 0 Å². The summed E-state index contributed by atoms with van der Waals surface area (Å²) in [6.07, 6.45) is 7.25. The van der Waals surface area contributed by atoms with E-state index in [1.807, 2.05) is 23.0 Å². The van der Waals surface area contributed by atoms with Gasteiger partial charge in [0.15, 0.2) is 0 Å². The van der Waals surface area contributed by atoms with E-state index in [-0.39, 0.29) is 6.10 Å². The van der Waals surface area contributed by atoms with Gasteiger partial charge >= 0.3 is 0 Å². The lowest BCUT2D eigenvalue weighted by molar-refractivity contribution is 0.00792. The van der Waals surface area contributed by atoms with Crippen LogP contribution in [0.2, 0.25) is 0 Å². The Morgan fingerprint density at radius 1 is 1.21 bits per heavy atom. The van der Waals surface area contributed by atoms with E-state index >= 15 is 0 Å². The first-order chi connectivity index (χ1) is 9.00. The minimum atomic E-state index is -0.134. The second-order valence-corrected chi connectivity index (χ2v) is 7.85. The summed E-state index contributed by atoms with van der Waals surface area (Å²) in [5.41, 5.74) is 0.544. The first-order valence-electron chi connectivity index (χ1n) is 7.66. The third-order valence-electron chi connectivity index (χ3n) is 5.00. The maximum Gasteiger partial charge on any atom is 0.109 e. The number of nitrogens with zero attached hydrogens (tertiary/aromatic N) is 1. The third kappa shape index (κ3) is 4.83. The number of hydrogen-bond donors (Lipinski definition) is 1. The summed E-state index contributed by atoms with van der Waals surface area (Å²) in [6, 6.07) is 0.509. The van der Waals surface area contributed by atoms with Crippen LogP contribution in [-0.4, -0.2) is 41.8 Å². The molecule has 1 saturated heterocycles. The number of aliphatic hydroxyl groups excluding tert-OH is 1. The molecule has 1 heterocycles. The number of halogens is 1. The van der Waals surface area contributed by atoms with E-state index in [0.717, 1.165) is 38.5 Å². The first-order valence-corrected chi connectivity index (χ1v) is 8.54. The zero-order valence-corrected chi connectivity index (χ0v) is 14.4. The highest BCUT2D eigenvalue weighted by atomic mass is 127. The molecule has 0 aromatic carbocycles. The number of β-amino-alcohol motifs (C(OH)–C–C–N with tert-alkyl or cyclic N) is 1. The normalized spacial score (nSPS) is 33.5. The van der Waals surface area contributed by atoms with Gasteiger partial charge in [0, 0.05) is 19.1 Å². The molecule has 0 unspecified atom stereocenters. The predicted molar refractivity (Wildman–Crippen MR) is 86.3 cm³/mol. The van der Waals surface area contributed by atoms with Gasteiger partial charge in [0.05, 0.1) is 12.7 Å². The van der Waals surface area contributed by atoms with Crippen LogP contribution in [0.15, 0.2) is 0 Å². The SMILES string of the molecule is CC1(C)CCC(CN2C[C@H](O)CC[C@@H]2COI)CC1. The van der Waals surface area contributed by atoms with Crippen LogP contribution in [0.1, 0.15) is 52.4 Å². The fourth-order valence-corrected chi connectivity index (χ4v) is 3.95. The molecule has 2 fully saturated rings. The average Bonchev–Trinajstić information content (AvgIpc) is 2.35. The van der Waals surface area contributed by atoms with E-state index < -0.39 is 0 Å². The van der Waals surface area contributed by atoms with E-state index in [0.29, 0.717) is 11.5 Å². The topological polar surface area (TPSA) is 32.7 Å². The monoisotopic (exact) mass is 381 g/mol. The zero-order valence-electron chi connectivity index (χ0n) is 12.3. The molecule has 1 aliphatic heterocycles. The van der Waals surface area contributed by atoms with Crippen molar-refractivity contribution in [1.82, 2.24) is 4.90 Å². The van der Waals surface area contributed by atoms with Crippen molar-refractivity contribution in [2.45, 2.75) is 64.5 Å². The lowest BCUT2D eigenvalue weighted by Crippen LogP contribution is -2.49. The second kappa shape index (κ2) is 7.05. The summed E-state index contributed by atoms with van der Waals surface area (Å²) in [5, 5.41) is 9.89. The zero-order chi connectivity index (χ0) is 13.9. The fourth-order valence-electron chi connectivity index (χ4n) is 3.54. The fraction of sp³-hybridized carbons (Fsp3) is 1.00. The lowest BCUT2D eigenvalue weighted by Gasteiger charge is -2.42. The quantitative estimate of drug-likeness (QED) is 0.758. The Morgan fingerprint density at radius 3 is 2.53 bits per heavy atom. The number of likely N-dealkylation sites (tertiary alicyclic amines) is 1. The molecule has 0 amide bonds. The van der Waals surface area contributed by atoms with E-state index in [1.165, 1.54) is 25.7 Å². The molecule has 19 heavy (non-hydrogen) atoms. The molecule has 2 atom stereocenters. The maximum absolute atomic E-state index is 9.89. The Balaban J connectivity index is 1.85. The van der Waals surface area contributed by atoms with Crippen molar-refractivity contribution in [2.75, 3.05) is 19.7 Å². The molecule has 112 valence electrons. The van der Waals surface area contributed by atoms with Gasteiger partial charge in [-0.2, -0.15) is 0 Å². The molecule has 2 aliphatic rings. The standard InChI is InChI=1S/C15H28INO2/c1-15(2)7-5-12(6-8-15)9-17-10-14(18)4-3-13(17)11-19-16/h12-14,18H,3-11H2,1-2H3/t13-,14-/m1/s1. The summed E-state index contributed by atoms with van der Waals surface area (Å²) in [6.45, 7) is 7.56. The van der Waals surface area contributed by atoms with Crippen LogP contribution in [0.25, 0.3) is 0 Å². The third-order valence-corrected chi connectivity index (χ3v) is 5.36. The highest BCUT2D eigenvalue weighted by molar-refractivity contribution is 14.1. The molecule has 0 spiro atoms. The van der Waals surface area contributed by atoms with E-state index in [2.05, 4.69) is 18.7 Å². The van der Waals surface area contributed by atoms with Gasteiger partial charge in [-0.1, -0.05) is 13.8 Å². The van der Waals surface area contributed by atoms with Crippen LogP contribution in [0.5, 0.6) is 0 Å². The molecule has 0 radical (unpaired) electrons. The van der Waals surface area contributed by atoms with E-state index in [9.17, 15) is 5.11 Å². The largest absolute Gasteiger partial charge is 0.392 e. The number of piperidine rings is 1. The summed E-state index contributed by atoms with van der Waals surface area (Å²) in [5.74, 6) is 0.815. The Labute approximate surface area is 131 Å². The minimum absolute atomic E-state index is 0.134. The maximum atomic E-state index is 9.89. The van der Waals surface area contributed by atoms with Gasteiger partial charge in [-0.25, -0.2) is 0 Å². The molecule has 0 aromatic heterocycles. The summed E-state index contributed by atoms with van der Waals surface area (Å²) in [4.78, 5) is 2.48. The average molecular weight is 381 g/mol. The minimum Gasteiger partial charge on any atom is -0.392 e. The first kappa shape index (κ1) is 16.0. The van der Waals surface area contributed by atoms with Crippen molar-refractivity contribution in [3.8, 4) is 0 Å². The Hall–Kier alpha value is 0.610. The predicted octanol–water partition coefficient (Wildman–Crippen LogP) is 3.39. The summed E-state index contributed by atoms with van der Waals surface area (Å²) < 4.78 is 5.32. The van der Waals surface area contributed by atoms with Crippen molar-refractivity contribution < 1.29 is 8.17 Å². The van der Waals surface area contributed by atoms with Crippen LogP contribution < -0.4 is 0 Å². The number of aliphatic hydroxyl groups is 1. The van der Waals surface area contributed by atoms with Gasteiger partial charge in [0.2, 0.25) is 0 Å². The highest BCUT2D eigenvalue weighted by Gasteiger charge is 2.32. The molecule has 0 bridgehead atoms. The number of rotatable bonds is 4. The smallest absolute Gasteiger partial charge is 0.109 e. The van der Waals surface area contributed by atoms with Crippen molar-refractivity contribution in [2.24, 2.45) is 11.3 Å². The van der Waals surface area contributed by atoms with Gasteiger partial charge in [0.25, 0.3) is 0 Å². The molecular formula is C15H28INO2. The number of hydrogen-bond acceptors (Lipinski definition) is 3. The molecule has 1 N–H and O–H groups in total. The Morgan fingerprint density at radius 2 is 1.89 bits per heavy atom. The molecule has 1 aliphatic carbocycles. The molecule has 0 aromatic rings. The lowest BCUT2D eigenvalue weighted by atomic mass is 9.73. The van der Waals surface area contributed by atoms with Crippen LogP contribution in [0.4, 0.5) is 0 Å². The van der Waals surface area contributed by atoms with Crippen molar-refractivity contribution in [1.29, 1.82) is 0 Å². The summed E-state index contributed by atoms with van der Waals surface area (Å²) in [7, 11) is 0. The van der Waals surface area contributed by atoms with Crippen LogP contribution in [0, 0.1) is 11.3 Å². The van der Waals surface area contributed by atoms with Gasteiger partial charge in [-0.15, -0.1) is 0 Å². The molecule has 2 rings (SSSR count). The molecular weight excluding hydrogens is 353 g/mol. The highest BCUT2D eigenvalue weighted by Crippen LogP contribution is 2.38. The second-order valence-electron chi connectivity index (χ2n) is 7.22. The van der Waals surface area contributed by atoms with Crippen LogP contribution in [0.3, 0.4) is 0 Å². The van der Waals surface area contributed by atoms with Gasteiger partial charge in [-0.05, 0) is 49.9 Å². The molecule has 1 saturated carbocycles. The van der Waals surface area contributed by atoms with Crippen LogP contribution >= 0.6 is 23.0 Å². The summed E-state index contributed by atoms with van der Waals surface area (Å²) >= 11 is 1.99. The van der Waals surface area contributed by atoms with Gasteiger partial charge in [0.1, 0.15) is 23.0 Å². The van der Waals surface area contributed by atoms with E-state index in [1.54, 1.807) is 0 Å². The van der Waals surface area contributed by atoms with E-state index in [4.69, 9.17) is 3.07 Å². The van der Waals surface area contributed by atoms with Gasteiger partial charge in [-0.3, -0.25) is 4.90 Å². The Bertz CT molecular complexity index is 275. The van der Waals surface area contributed by atoms with Crippen molar-refractivity contribution >= 4 is 23.0 Å². The molecule has 3 nitrogen and oxygen atoms in total. The van der Waals surface area contributed by atoms with Crippen LogP contribution in [-0.2, 0) is 3.07 Å². The van der Waals surface area contributed by atoms with Gasteiger partial charge < -0.3 is 8.17 Å². The van der Waals surface area contributed by atoms with Crippen molar-refractivity contribution in [3.63, 3.8) is 0 Å². The molecule has 4 heteroatoms.